The zero-order valence-corrected chi connectivity index (χ0v) is 15.1. The number of carboxylic acid groups (broad SMARTS) is 1. The molecule has 1 fully saturated rings. The highest BCUT2D eigenvalue weighted by atomic mass is 16.4. The second kappa shape index (κ2) is 7.61. The van der Waals surface area contributed by atoms with Gasteiger partial charge in [0, 0.05) is 24.2 Å². The monoisotopic (exact) mass is 362 g/mol. The van der Waals surface area contributed by atoms with Gasteiger partial charge in [-0.15, -0.1) is 0 Å². The van der Waals surface area contributed by atoms with Crippen molar-refractivity contribution in [2.75, 3.05) is 23.3 Å². The lowest BCUT2D eigenvalue weighted by atomic mass is 10.2. The third kappa shape index (κ3) is 3.84. The molecule has 1 aliphatic heterocycles. The van der Waals surface area contributed by atoms with E-state index >= 15 is 0 Å². The first-order chi connectivity index (χ1) is 13.2. The van der Waals surface area contributed by atoms with Gasteiger partial charge in [0.2, 0.25) is 5.95 Å². The Labute approximate surface area is 157 Å². The molecule has 0 amide bonds. The molecule has 0 radical (unpaired) electrons. The molecule has 0 atom stereocenters. The van der Waals surface area contributed by atoms with Crippen LogP contribution in [0.4, 0.5) is 17.5 Å². The number of para-hydroxylation sites is 1. The number of benzene rings is 2. The van der Waals surface area contributed by atoms with Gasteiger partial charge in [-0.25, -0.2) is 9.78 Å². The van der Waals surface area contributed by atoms with E-state index in [1.165, 1.54) is 25.7 Å². The van der Waals surface area contributed by atoms with Crippen LogP contribution < -0.4 is 10.2 Å². The van der Waals surface area contributed by atoms with Gasteiger partial charge in [-0.3, -0.25) is 0 Å². The molecule has 0 bridgehead atoms. The molecule has 0 saturated carbocycles. The first-order valence-electron chi connectivity index (χ1n) is 9.33. The van der Waals surface area contributed by atoms with Crippen LogP contribution in [0.25, 0.3) is 10.9 Å². The number of nitrogens with zero attached hydrogens (tertiary/aromatic N) is 3. The molecule has 1 aromatic heterocycles. The number of carbonyl (C=O) groups is 1. The van der Waals surface area contributed by atoms with Crippen molar-refractivity contribution >= 4 is 34.3 Å². The highest BCUT2D eigenvalue weighted by Gasteiger charge is 2.16. The van der Waals surface area contributed by atoms with Crippen molar-refractivity contribution in [1.29, 1.82) is 0 Å². The van der Waals surface area contributed by atoms with E-state index in [2.05, 4.69) is 21.3 Å². The molecule has 0 spiro atoms. The van der Waals surface area contributed by atoms with Crippen molar-refractivity contribution in [1.82, 2.24) is 9.97 Å². The van der Waals surface area contributed by atoms with Crippen LogP contribution in [-0.2, 0) is 0 Å². The number of hydrogen-bond acceptors (Lipinski definition) is 5. The van der Waals surface area contributed by atoms with Crippen LogP contribution in [0, 0.1) is 0 Å². The van der Waals surface area contributed by atoms with Gasteiger partial charge in [-0.05, 0) is 43.2 Å². The Morgan fingerprint density at radius 3 is 2.52 bits per heavy atom. The Morgan fingerprint density at radius 1 is 0.963 bits per heavy atom. The molecule has 2 N–H and O–H groups in total. The minimum atomic E-state index is -0.955. The van der Waals surface area contributed by atoms with Gasteiger partial charge < -0.3 is 15.3 Å². The molecular formula is C21H22N4O2. The van der Waals surface area contributed by atoms with Crippen LogP contribution in [0.1, 0.15) is 36.0 Å². The summed E-state index contributed by atoms with van der Waals surface area (Å²) in [6.45, 7) is 1.99. The van der Waals surface area contributed by atoms with E-state index in [0.717, 1.165) is 29.8 Å². The molecule has 1 aliphatic rings. The predicted octanol–water partition coefficient (Wildman–Crippen LogP) is 4.45. The number of aromatic nitrogens is 2. The smallest absolute Gasteiger partial charge is 0.335 e. The van der Waals surface area contributed by atoms with Gasteiger partial charge in [0.05, 0.1) is 11.1 Å². The summed E-state index contributed by atoms with van der Waals surface area (Å²) in [6, 6.07) is 14.7. The number of rotatable bonds is 4. The average Bonchev–Trinajstić information content (AvgIpc) is 2.97. The van der Waals surface area contributed by atoms with Crippen molar-refractivity contribution in [2.24, 2.45) is 0 Å². The minimum Gasteiger partial charge on any atom is -0.478 e. The molecular weight excluding hydrogens is 340 g/mol. The van der Waals surface area contributed by atoms with E-state index in [9.17, 15) is 9.90 Å². The molecule has 1 saturated heterocycles. The summed E-state index contributed by atoms with van der Waals surface area (Å²) in [5, 5.41) is 13.4. The van der Waals surface area contributed by atoms with Crippen LogP contribution in [-0.4, -0.2) is 34.1 Å². The summed E-state index contributed by atoms with van der Waals surface area (Å²) in [5.74, 6) is 0.471. The fourth-order valence-electron chi connectivity index (χ4n) is 3.50. The van der Waals surface area contributed by atoms with Gasteiger partial charge >= 0.3 is 5.97 Å². The number of hydrogen-bond donors (Lipinski definition) is 2. The molecule has 138 valence electrons. The summed E-state index contributed by atoms with van der Waals surface area (Å²) in [6.07, 6.45) is 4.85. The van der Waals surface area contributed by atoms with E-state index in [0.29, 0.717) is 11.6 Å². The van der Waals surface area contributed by atoms with Crippen LogP contribution in [0.2, 0.25) is 0 Å². The zero-order chi connectivity index (χ0) is 18.6. The van der Waals surface area contributed by atoms with Crippen LogP contribution in [0.15, 0.2) is 48.5 Å². The Balaban J connectivity index is 1.73. The quantitative estimate of drug-likeness (QED) is 0.714. The average molecular weight is 362 g/mol. The summed E-state index contributed by atoms with van der Waals surface area (Å²) in [5.41, 5.74) is 1.77. The third-order valence-electron chi connectivity index (χ3n) is 4.85. The maximum absolute atomic E-state index is 11.2. The highest BCUT2D eigenvalue weighted by molar-refractivity contribution is 5.91. The van der Waals surface area contributed by atoms with Gasteiger partial charge in [0.1, 0.15) is 5.82 Å². The number of carboxylic acids is 1. The molecule has 6 nitrogen and oxygen atoms in total. The molecule has 6 heteroatoms. The van der Waals surface area contributed by atoms with Crippen LogP contribution >= 0.6 is 0 Å². The van der Waals surface area contributed by atoms with E-state index in [4.69, 9.17) is 4.98 Å². The second-order valence-corrected chi connectivity index (χ2v) is 6.80. The number of anilines is 3. The molecule has 27 heavy (non-hydrogen) atoms. The molecule has 0 unspecified atom stereocenters. The van der Waals surface area contributed by atoms with Crippen molar-refractivity contribution in [3.63, 3.8) is 0 Å². The summed E-state index contributed by atoms with van der Waals surface area (Å²) in [7, 11) is 0. The van der Waals surface area contributed by atoms with Gasteiger partial charge in [-0.1, -0.05) is 31.0 Å². The van der Waals surface area contributed by atoms with Crippen molar-refractivity contribution in [3.8, 4) is 0 Å². The van der Waals surface area contributed by atoms with Crippen molar-refractivity contribution in [3.05, 3.63) is 54.1 Å². The maximum Gasteiger partial charge on any atom is 0.335 e. The summed E-state index contributed by atoms with van der Waals surface area (Å²) >= 11 is 0. The SMILES string of the molecule is O=C(O)c1cccc(Nc2nc(N3CCCCCC3)c3ccccc3n2)c1. The van der Waals surface area contributed by atoms with E-state index in [-0.39, 0.29) is 5.56 Å². The standard InChI is InChI=1S/C21H22N4O2/c26-20(27)15-8-7-9-16(14-15)22-21-23-18-11-4-3-10-17(18)19(24-21)25-12-5-1-2-6-13-25/h3-4,7-11,14H,1-2,5-6,12-13H2,(H,26,27)(H,22,23,24). The maximum atomic E-state index is 11.2. The first-order valence-corrected chi connectivity index (χ1v) is 9.33. The minimum absolute atomic E-state index is 0.230. The van der Waals surface area contributed by atoms with Crippen molar-refractivity contribution in [2.45, 2.75) is 25.7 Å². The Hall–Kier alpha value is -3.15. The van der Waals surface area contributed by atoms with Gasteiger partial charge in [0.25, 0.3) is 0 Å². The fourth-order valence-corrected chi connectivity index (χ4v) is 3.50. The molecule has 4 rings (SSSR count). The fraction of sp³-hybridized carbons (Fsp3) is 0.286. The molecule has 2 aromatic carbocycles. The Morgan fingerprint density at radius 2 is 1.74 bits per heavy atom. The lowest BCUT2D eigenvalue weighted by Gasteiger charge is -2.23. The highest BCUT2D eigenvalue weighted by Crippen LogP contribution is 2.28. The third-order valence-corrected chi connectivity index (χ3v) is 4.85. The lowest BCUT2D eigenvalue weighted by Crippen LogP contribution is -2.25. The van der Waals surface area contributed by atoms with Gasteiger partial charge in [-0.2, -0.15) is 4.98 Å². The van der Waals surface area contributed by atoms with E-state index in [1.54, 1.807) is 18.2 Å². The molecule has 2 heterocycles. The van der Waals surface area contributed by atoms with E-state index < -0.39 is 5.97 Å². The Kier molecular flexibility index (Phi) is 4.87. The van der Waals surface area contributed by atoms with E-state index in [1.807, 2.05) is 24.3 Å². The second-order valence-electron chi connectivity index (χ2n) is 6.80. The summed E-state index contributed by atoms with van der Waals surface area (Å²) < 4.78 is 0. The van der Waals surface area contributed by atoms with Gasteiger partial charge in [0.15, 0.2) is 0 Å². The lowest BCUT2D eigenvalue weighted by molar-refractivity contribution is 0.0697. The van der Waals surface area contributed by atoms with Crippen molar-refractivity contribution < 1.29 is 9.90 Å². The topological polar surface area (TPSA) is 78.3 Å². The Bertz CT molecular complexity index is 965. The van der Waals surface area contributed by atoms with Crippen LogP contribution in [0.5, 0.6) is 0 Å². The number of nitrogens with one attached hydrogen (secondary N) is 1. The molecule has 3 aromatic rings. The summed E-state index contributed by atoms with van der Waals surface area (Å²) in [4.78, 5) is 23.0. The van der Waals surface area contributed by atoms with Crippen LogP contribution in [0.3, 0.4) is 0 Å². The number of aromatic carboxylic acids is 1. The predicted molar refractivity (Wildman–Crippen MR) is 107 cm³/mol. The molecule has 0 aliphatic carbocycles. The normalized spacial score (nSPS) is 14.7. The number of fused-ring (bicyclic) bond motifs is 1. The zero-order valence-electron chi connectivity index (χ0n) is 15.1. The largest absolute Gasteiger partial charge is 0.478 e. The first kappa shape index (κ1) is 17.3.